The summed E-state index contributed by atoms with van der Waals surface area (Å²) in [7, 11) is 1.86. The number of nitrogens with one attached hydrogen (secondary N) is 1. The summed E-state index contributed by atoms with van der Waals surface area (Å²) in [6.45, 7) is 11.9. The van der Waals surface area contributed by atoms with Crippen LogP contribution in [0.4, 0.5) is 0 Å². The van der Waals surface area contributed by atoms with E-state index in [0.717, 1.165) is 6.54 Å². The standard InChI is InChI=1S/C16H24N4O3.C2H6/c1-4-20(19-18-11-10-17-3)12-13-23-15-9-7-6-8-14(15)16(21)22-5-2;1-2/h4,6-9,17H,1,5,10-13H2,2-3H3;1-2H3. The average Bonchev–Trinajstić information content (AvgIpc) is 2.66. The van der Waals surface area contributed by atoms with Crippen molar-refractivity contribution in [3.8, 4) is 5.75 Å². The maximum Gasteiger partial charge on any atom is 0.341 e. The second-order valence-corrected chi connectivity index (χ2v) is 4.47. The Morgan fingerprint density at radius 2 is 2.08 bits per heavy atom. The number of rotatable bonds is 11. The molecule has 0 heterocycles. The number of para-hydroxylation sites is 1. The van der Waals surface area contributed by atoms with Crippen LogP contribution in [-0.4, -0.2) is 50.9 Å². The van der Waals surface area contributed by atoms with Crippen molar-refractivity contribution in [1.29, 1.82) is 0 Å². The normalized spacial score (nSPS) is 9.92. The molecule has 140 valence electrons. The Hall–Kier alpha value is -2.41. The Morgan fingerprint density at radius 1 is 1.36 bits per heavy atom. The molecule has 7 heteroatoms. The fourth-order valence-corrected chi connectivity index (χ4v) is 1.68. The molecule has 0 aliphatic rings. The lowest BCUT2D eigenvalue weighted by atomic mass is 10.2. The molecular formula is C18H30N4O3. The van der Waals surface area contributed by atoms with Crippen molar-refractivity contribution in [2.24, 2.45) is 10.3 Å². The highest BCUT2D eigenvalue weighted by Gasteiger charge is 2.12. The maximum atomic E-state index is 11.9. The van der Waals surface area contributed by atoms with Crippen LogP contribution in [-0.2, 0) is 4.74 Å². The molecule has 0 saturated carbocycles. The number of carbonyl (C=O) groups is 1. The van der Waals surface area contributed by atoms with Crippen LogP contribution >= 0.6 is 0 Å². The van der Waals surface area contributed by atoms with E-state index in [1.54, 1.807) is 42.4 Å². The molecular weight excluding hydrogens is 320 g/mol. The number of carbonyl (C=O) groups excluding carboxylic acids is 1. The number of esters is 1. The molecule has 0 amide bonds. The van der Waals surface area contributed by atoms with Gasteiger partial charge in [0, 0.05) is 12.7 Å². The van der Waals surface area contributed by atoms with Gasteiger partial charge in [-0.05, 0) is 26.1 Å². The molecule has 0 saturated heterocycles. The van der Waals surface area contributed by atoms with Crippen molar-refractivity contribution in [3.63, 3.8) is 0 Å². The number of likely N-dealkylation sites (N-methyl/N-ethyl adjacent to an activating group) is 1. The number of hydrogen-bond acceptors (Lipinski definition) is 6. The van der Waals surface area contributed by atoms with Gasteiger partial charge in [0.1, 0.15) is 17.9 Å². The molecule has 7 nitrogen and oxygen atoms in total. The number of ether oxygens (including phenoxy) is 2. The molecule has 0 aliphatic heterocycles. The van der Waals surface area contributed by atoms with Gasteiger partial charge in [0.2, 0.25) is 0 Å². The van der Waals surface area contributed by atoms with Crippen molar-refractivity contribution in [1.82, 2.24) is 10.3 Å². The van der Waals surface area contributed by atoms with E-state index in [2.05, 4.69) is 22.2 Å². The summed E-state index contributed by atoms with van der Waals surface area (Å²) >= 11 is 0. The van der Waals surface area contributed by atoms with E-state index in [4.69, 9.17) is 9.47 Å². The minimum Gasteiger partial charge on any atom is -0.491 e. The Bertz CT molecular complexity index is 521. The SMILES string of the molecule is C=CN(CCOc1ccccc1C(=O)OCC)N=NCCNC.CC. The minimum atomic E-state index is -0.393. The molecule has 1 N–H and O–H groups in total. The van der Waals surface area contributed by atoms with E-state index < -0.39 is 5.97 Å². The van der Waals surface area contributed by atoms with Crippen LogP contribution in [0.15, 0.2) is 47.4 Å². The predicted octanol–water partition coefficient (Wildman–Crippen LogP) is 3.30. The second-order valence-electron chi connectivity index (χ2n) is 4.47. The van der Waals surface area contributed by atoms with Gasteiger partial charge in [-0.15, -0.1) is 0 Å². The van der Waals surface area contributed by atoms with E-state index in [-0.39, 0.29) is 0 Å². The molecule has 1 aromatic rings. The van der Waals surface area contributed by atoms with E-state index in [9.17, 15) is 4.79 Å². The Morgan fingerprint density at radius 3 is 2.72 bits per heavy atom. The Balaban J connectivity index is 0.00000277. The predicted molar refractivity (Wildman–Crippen MR) is 99.8 cm³/mol. The first-order valence-electron chi connectivity index (χ1n) is 8.53. The van der Waals surface area contributed by atoms with Crippen LogP contribution in [0.3, 0.4) is 0 Å². The van der Waals surface area contributed by atoms with E-state index in [1.165, 1.54) is 0 Å². The lowest BCUT2D eigenvalue weighted by molar-refractivity contribution is 0.0521. The Labute approximate surface area is 150 Å². The van der Waals surface area contributed by atoms with Gasteiger partial charge in [-0.1, -0.05) is 37.8 Å². The van der Waals surface area contributed by atoms with E-state index in [0.29, 0.717) is 37.6 Å². The molecule has 0 fully saturated rings. The summed E-state index contributed by atoms with van der Waals surface area (Å²) in [5.74, 6) is 0.0949. The maximum absolute atomic E-state index is 11.9. The lowest BCUT2D eigenvalue weighted by Gasteiger charge is -2.14. The molecule has 0 bridgehead atoms. The summed E-state index contributed by atoms with van der Waals surface area (Å²) in [5.41, 5.74) is 0.412. The van der Waals surface area contributed by atoms with E-state index in [1.807, 2.05) is 20.9 Å². The fraction of sp³-hybridized carbons (Fsp3) is 0.500. The first-order chi connectivity index (χ1) is 12.2. The number of benzene rings is 1. The molecule has 0 aliphatic carbocycles. The lowest BCUT2D eigenvalue weighted by Crippen LogP contribution is -2.19. The first kappa shape index (κ1) is 22.6. The highest BCUT2D eigenvalue weighted by Crippen LogP contribution is 2.19. The van der Waals surface area contributed by atoms with E-state index >= 15 is 0 Å². The third-order valence-electron chi connectivity index (χ3n) is 2.81. The van der Waals surface area contributed by atoms with Gasteiger partial charge in [-0.25, -0.2) is 4.79 Å². The summed E-state index contributed by atoms with van der Waals surface area (Å²) in [6.07, 6.45) is 1.57. The first-order valence-corrected chi connectivity index (χ1v) is 8.53. The molecule has 1 aromatic carbocycles. The average molecular weight is 350 g/mol. The van der Waals surface area contributed by atoms with Crippen molar-refractivity contribution < 1.29 is 14.3 Å². The highest BCUT2D eigenvalue weighted by atomic mass is 16.5. The largest absolute Gasteiger partial charge is 0.491 e. The Kier molecular flexibility index (Phi) is 13.7. The van der Waals surface area contributed by atoms with Crippen LogP contribution in [0.5, 0.6) is 5.75 Å². The van der Waals surface area contributed by atoms with Crippen molar-refractivity contribution >= 4 is 5.97 Å². The van der Waals surface area contributed by atoms with Gasteiger partial charge in [-0.2, -0.15) is 5.11 Å². The van der Waals surface area contributed by atoms with Gasteiger partial charge in [-0.3, -0.25) is 5.01 Å². The van der Waals surface area contributed by atoms with Gasteiger partial charge < -0.3 is 14.8 Å². The second kappa shape index (κ2) is 15.1. The molecule has 25 heavy (non-hydrogen) atoms. The van der Waals surface area contributed by atoms with Crippen LogP contribution in [0, 0.1) is 0 Å². The molecule has 0 radical (unpaired) electrons. The topological polar surface area (TPSA) is 75.5 Å². The number of hydrogen-bond donors (Lipinski definition) is 1. The third kappa shape index (κ3) is 9.46. The van der Waals surface area contributed by atoms with Gasteiger partial charge in [0.15, 0.2) is 0 Å². The molecule has 1 rings (SSSR count). The summed E-state index contributed by atoms with van der Waals surface area (Å²) < 4.78 is 10.7. The quantitative estimate of drug-likeness (QED) is 0.287. The van der Waals surface area contributed by atoms with Gasteiger partial charge in [0.05, 0.1) is 19.7 Å². The molecule has 0 atom stereocenters. The highest BCUT2D eigenvalue weighted by molar-refractivity contribution is 5.92. The summed E-state index contributed by atoms with van der Waals surface area (Å²) in [5, 5.41) is 12.6. The zero-order chi connectivity index (χ0) is 18.9. The van der Waals surface area contributed by atoms with Gasteiger partial charge in [0.25, 0.3) is 0 Å². The smallest absolute Gasteiger partial charge is 0.341 e. The fourth-order valence-electron chi connectivity index (χ4n) is 1.68. The minimum absolute atomic E-state index is 0.324. The van der Waals surface area contributed by atoms with Crippen LogP contribution in [0.25, 0.3) is 0 Å². The number of nitrogens with zero attached hydrogens (tertiary/aromatic N) is 3. The summed E-state index contributed by atoms with van der Waals surface area (Å²) in [6, 6.07) is 6.99. The molecule has 0 unspecified atom stereocenters. The van der Waals surface area contributed by atoms with Crippen molar-refractivity contribution in [2.45, 2.75) is 20.8 Å². The zero-order valence-corrected chi connectivity index (χ0v) is 15.7. The van der Waals surface area contributed by atoms with Crippen LogP contribution in [0.2, 0.25) is 0 Å². The summed E-state index contributed by atoms with van der Waals surface area (Å²) in [4.78, 5) is 11.9. The molecule has 0 aromatic heterocycles. The monoisotopic (exact) mass is 350 g/mol. The van der Waals surface area contributed by atoms with Crippen LogP contribution in [0.1, 0.15) is 31.1 Å². The molecule has 0 spiro atoms. The van der Waals surface area contributed by atoms with Crippen LogP contribution < -0.4 is 10.1 Å². The third-order valence-corrected chi connectivity index (χ3v) is 2.81. The zero-order valence-electron chi connectivity index (χ0n) is 15.7. The van der Waals surface area contributed by atoms with Crippen molar-refractivity contribution in [3.05, 3.63) is 42.6 Å². The van der Waals surface area contributed by atoms with Crippen molar-refractivity contribution in [2.75, 3.05) is 39.9 Å². The van der Waals surface area contributed by atoms with Gasteiger partial charge >= 0.3 is 5.97 Å².